The Labute approximate surface area is 166 Å². The molecular weight excluding hydrogens is 370 g/mol. The van der Waals surface area contributed by atoms with Gasteiger partial charge in [-0.2, -0.15) is 5.01 Å². The summed E-state index contributed by atoms with van der Waals surface area (Å²) < 4.78 is 5.59. The topological polar surface area (TPSA) is 85.0 Å². The largest absolute Gasteiger partial charge is 0.476 e. The number of hydrogen-bond acceptors (Lipinski definition) is 5. The Morgan fingerprint density at radius 3 is 2.52 bits per heavy atom. The molecule has 7 heteroatoms. The predicted molar refractivity (Wildman–Crippen MR) is 112 cm³/mol. The highest BCUT2D eigenvalue weighted by Gasteiger charge is 2.33. The summed E-state index contributed by atoms with van der Waals surface area (Å²) >= 11 is 0. The van der Waals surface area contributed by atoms with Gasteiger partial charge in [0.2, 0.25) is 5.90 Å². The van der Waals surface area contributed by atoms with Crippen molar-refractivity contribution in [2.75, 3.05) is 11.6 Å². The molecule has 1 amide bonds. The van der Waals surface area contributed by atoms with Crippen LogP contribution in [0.3, 0.4) is 0 Å². The second-order valence-corrected chi connectivity index (χ2v) is 6.36. The van der Waals surface area contributed by atoms with Gasteiger partial charge in [-0.25, -0.2) is 0 Å². The molecule has 3 aromatic rings. The summed E-state index contributed by atoms with van der Waals surface area (Å²) in [6, 6.07) is 19.4. The van der Waals surface area contributed by atoms with Crippen LogP contribution in [0.2, 0.25) is 0 Å². The molecule has 1 heterocycles. The number of anilines is 1. The maximum absolute atomic E-state index is 13.1. The molecule has 3 aromatic carbocycles. The third-order valence-corrected chi connectivity index (χ3v) is 4.55. The lowest BCUT2D eigenvalue weighted by atomic mass is 10.0. The standard InChI is InChI=1S/C22H17N3O4/c1-2-29-21-20(14-16-8-5-7-15-6-3-4-9-19(15)16)22(26)24(23-21)17-10-12-18(13-11-17)25(27)28/h3-14H,2H2,1H3/b20-14+. The van der Waals surface area contributed by atoms with Gasteiger partial charge in [0.25, 0.3) is 11.6 Å². The van der Waals surface area contributed by atoms with E-state index in [1.165, 1.54) is 29.3 Å². The van der Waals surface area contributed by atoms with Crippen LogP contribution in [0.1, 0.15) is 12.5 Å². The lowest BCUT2D eigenvalue weighted by molar-refractivity contribution is -0.384. The average Bonchev–Trinajstić information content (AvgIpc) is 3.04. The van der Waals surface area contributed by atoms with Gasteiger partial charge in [0.1, 0.15) is 5.57 Å². The number of carbonyl (C=O) groups excluding carboxylic acids is 1. The number of nitro benzene ring substituents is 1. The van der Waals surface area contributed by atoms with Gasteiger partial charge < -0.3 is 4.74 Å². The number of benzene rings is 3. The normalized spacial score (nSPS) is 15.1. The second-order valence-electron chi connectivity index (χ2n) is 6.36. The summed E-state index contributed by atoms with van der Waals surface area (Å²) in [4.78, 5) is 23.5. The highest BCUT2D eigenvalue weighted by Crippen LogP contribution is 2.28. The van der Waals surface area contributed by atoms with Crippen LogP contribution >= 0.6 is 0 Å². The Kier molecular flexibility index (Phi) is 4.78. The molecule has 0 atom stereocenters. The molecule has 0 spiro atoms. The fraction of sp³-hybridized carbons (Fsp3) is 0.0909. The zero-order valence-electron chi connectivity index (χ0n) is 15.6. The van der Waals surface area contributed by atoms with E-state index < -0.39 is 4.92 Å². The number of hydrazone groups is 1. The summed E-state index contributed by atoms with van der Waals surface area (Å²) in [7, 11) is 0. The van der Waals surface area contributed by atoms with E-state index in [-0.39, 0.29) is 17.5 Å². The Hall–Kier alpha value is -4.00. The van der Waals surface area contributed by atoms with E-state index in [9.17, 15) is 14.9 Å². The molecule has 0 aromatic heterocycles. The molecule has 0 aliphatic carbocycles. The van der Waals surface area contributed by atoms with Crippen LogP contribution in [0.25, 0.3) is 16.8 Å². The van der Waals surface area contributed by atoms with Crippen molar-refractivity contribution in [3.05, 3.63) is 88.0 Å². The fourth-order valence-corrected chi connectivity index (χ4v) is 3.18. The number of amides is 1. The van der Waals surface area contributed by atoms with E-state index in [0.717, 1.165) is 16.3 Å². The summed E-state index contributed by atoms with van der Waals surface area (Å²) in [5.41, 5.74) is 1.59. The van der Waals surface area contributed by atoms with Gasteiger partial charge in [0, 0.05) is 12.1 Å². The molecule has 0 fully saturated rings. The van der Waals surface area contributed by atoms with E-state index in [2.05, 4.69) is 5.10 Å². The van der Waals surface area contributed by atoms with Crippen molar-refractivity contribution in [1.82, 2.24) is 0 Å². The molecule has 0 bridgehead atoms. The Morgan fingerprint density at radius 1 is 1.07 bits per heavy atom. The molecule has 0 radical (unpaired) electrons. The smallest absolute Gasteiger partial charge is 0.284 e. The predicted octanol–water partition coefficient (Wildman–Crippen LogP) is 4.53. The number of nitrogens with zero attached hydrogens (tertiary/aromatic N) is 3. The average molecular weight is 387 g/mol. The van der Waals surface area contributed by atoms with E-state index in [0.29, 0.717) is 17.9 Å². The number of non-ortho nitro benzene ring substituents is 1. The quantitative estimate of drug-likeness (QED) is 0.374. The minimum absolute atomic E-state index is 0.0547. The molecule has 1 aliphatic heterocycles. The van der Waals surface area contributed by atoms with Crippen molar-refractivity contribution in [2.45, 2.75) is 6.92 Å². The first-order chi connectivity index (χ1) is 14.1. The highest BCUT2D eigenvalue weighted by atomic mass is 16.6. The number of carbonyl (C=O) groups is 1. The summed E-state index contributed by atoms with van der Waals surface area (Å²) in [6.45, 7) is 2.17. The monoisotopic (exact) mass is 387 g/mol. The third kappa shape index (κ3) is 3.45. The SMILES string of the molecule is CCOC1=NN(c2ccc([N+](=O)[O-])cc2)C(=O)/C1=C/c1cccc2ccccc12. The highest BCUT2D eigenvalue weighted by molar-refractivity contribution is 6.30. The van der Waals surface area contributed by atoms with Gasteiger partial charge in [-0.15, -0.1) is 5.10 Å². The maximum atomic E-state index is 13.1. The van der Waals surface area contributed by atoms with Crippen LogP contribution in [-0.2, 0) is 9.53 Å². The maximum Gasteiger partial charge on any atom is 0.284 e. The van der Waals surface area contributed by atoms with E-state index >= 15 is 0 Å². The molecule has 0 saturated heterocycles. The number of hydrogen-bond donors (Lipinski definition) is 0. The van der Waals surface area contributed by atoms with E-state index in [1.807, 2.05) is 49.4 Å². The molecule has 144 valence electrons. The Morgan fingerprint density at radius 2 is 1.79 bits per heavy atom. The molecular formula is C22H17N3O4. The summed E-state index contributed by atoms with van der Waals surface area (Å²) in [5.74, 6) is -0.126. The fourth-order valence-electron chi connectivity index (χ4n) is 3.18. The number of rotatable bonds is 4. The minimum atomic E-state index is -0.490. The van der Waals surface area contributed by atoms with Crippen molar-refractivity contribution in [3.63, 3.8) is 0 Å². The molecule has 4 rings (SSSR count). The number of ether oxygens (including phenoxy) is 1. The number of nitro groups is 1. The molecule has 7 nitrogen and oxygen atoms in total. The Bertz CT molecular complexity index is 1160. The van der Waals surface area contributed by atoms with Gasteiger partial charge in [-0.1, -0.05) is 42.5 Å². The van der Waals surface area contributed by atoms with E-state index in [1.54, 1.807) is 6.08 Å². The zero-order chi connectivity index (χ0) is 20.4. The molecule has 0 unspecified atom stereocenters. The van der Waals surface area contributed by atoms with Crippen molar-refractivity contribution >= 4 is 40.0 Å². The van der Waals surface area contributed by atoms with Gasteiger partial charge in [0.05, 0.1) is 17.2 Å². The van der Waals surface area contributed by atoms with Crippen molar-refractivity contribution in [1.29, 1.82) is 0 Å². The van der Waals surface area contributed by atoms with Crippen molar-refractivity contribution in [3.8, 4) is 0 Å². The van der Waals surface area contributed by atoms with E-state index in [4.69, 9.17) is 4.74 Å². The van der Waals surface area contributed by atoms with Crippen molar-refractivity contribution in [2.24, 2.45) is 5.10 Å². The van der Waals surface area contributed by atoms with Gasteiger partial charge in [-0.05, 0) is 41.5 Å². The summed E-state index contributed by atoms with van der Waals surface area (Å²) in [6.07, 6.45) is 1.77. The van der Waals surface area contributed by atoms with Crippen LogP contribution in [0.4, 0.5) is 11.4 Å². The molecule has 0 N–H and O–H groups in total. The third-order valence-electron chi connectivity index (χ3n) is 4.55. The van der Waals surface area contributed by atoms with Crippen LogP contribution < -0.4 is 5.01 Å². The first-order valence-corrected chi connectivity index (χ1v) is 9.08. The molecule has 0 saturated carbocycles. The van der Waals surface area contributed by atoms with Crippen LogP contribution in [0.5, 0.6) is 0 Å². The van der Waals surface area contributed by atoms with Gasteiger partial charge >= 0.3 is 0 Å². The first kappa shape index (κ1) is 18.4. The lowest BCUT2D eigenvalue weighted by Gasteiger charge is -2.10. The van der Waals surface area contributed by atoms with Gasteiger partial charge in [-0.3, -0.25) is 14.9 Å². The molecule has 1 aliphatic rings. The van der Waals surface area contributed by atoms with Crippen LogP contribution in [0, 0.1) is 10.1 Å². The Balaban J connectivity index is 1.75. The van der Waals surface area contributed by atoms with Crippen molar-refractivity contribution < 1.29 is 14.5 Å². The molecule has 29 heavy (non-hydrogen) atoms. The van der Waals surface area contributed by atoms with Crippen LogP contribution in [0.15, 0.2) is 77.4 Å². The minimum Gasteiger partial charge on any atom is -0.476 e. The number of fused-ring (bicyclic) bond motifs is 1. The van der Waals surface area contributed by atoms with Crippen LogP contribution in [-0.4, -0.2) is 23.3 Å². The first-order valence-electron chi connectivity index (χ1n) is 9.08. The van der Waals surface area contributed by atoms with Gasteiger partial charge in [0.15, 0.2) is 0 Å². The summed E-state index contributed by atoms with van der Waals surface area (Å²) in [5, 5.41) is 18.4. The zero-order valence-corrected chi connectivity index (χ0v) is 15.6. The second kappa shape index (κ2) is 7.55. The lowest BCUT2D eigenvalue weighted by Crippen LogP contribution is -2.21.